The Kier molecular flexibility index (Phi) is 7.09. The van der Waals surface area contributed by atoms with Gasteiger partial charge in [-0.25, -0.2) is 4.79 Å². The van der Waals surface area contributed by atoms with E-state index >= 15 is 0 Å². The van der Waals surface area contributed by atoms with E-state index in [4.69, 9.17) is 14.2 Å². The van der Waals surface area contributed by atoms with Crippen molar-refractivity contribution in [1.82, 2.24) is 10.2 Å². The second-order valence-electron chi connectivity index (χ2n) is 8.51. The molecule has 2 aromatic rings. The minimum Gasteiger partial charge on any atom is -0.486 e. The number of carbonyl (C=O) groups is 2. The lowest BCUT2D eigenvalue weighted by molar-refractivity contribution is 0.0417. The molecule has 0 aromatic heterocycles. The van der Waals surface area contributed by atoms with Crippen molar-refractivity contribution in [2.24, 2.45) is 5.92 Å². The minimum atomic E-state index is -0.496. The van der Waals surface area contributed by atoms with E-state index in [-0.39, 0.29) is 37.4 Å². The largest absolute Gasteiger partial charge is 0.486 e. The normalized spacial score (nSPS) is 20.0. The van der Waals surface area contributed by atoms with E-state index in [0.29, 0.717) is 47.3 Å². The molecule has 3 amide bonds. The van der Waals surface area contributed by atoms with Gasteiger partial charge in [-0.1, -0.05) is 13.0 Å². The molecule has 2 heterocycles. The van der Waals surface area contributed by atoms with Crippen molar-refractivity contribution in [2.75, 3.05) is 44.2 Å². The number of ether oxygens (including phenoxy) is 3. The average molecular weight is 471 g/mol. The summed E-state index contributed by atoms with van der Waals surface area (Å²) in [6.07, 6.45) is -0.259. The molecule has 182 valence electrons. The number of carbonyl (C=O) groups excluding carboxylic acids is 2. The molecule has 2 aromatic carbocycles. The summed E-state index contributed by atoms with van der Waals surface area (Å²) in [7, 11) is 1.83. The van der Waals surface area contributed by atoms with Crippen molar-refractivity contribution >= 4 is 23.3 Å². The van der Waals surface area contributed by atoms with Crippen LogP contribution in [-0.2, 0) is 0 Å². The zero-order valence-electron chi connectivity index (χ0n) is 19.5. The van der Waals surface area contributed by atoms with E-state index in [1.54, 1.807) is 48.2 Å². The van der Waals surface area contributed by atoms with Crippen molar-refractivity contribution in [3.63, 3.8) is 0 Å². The number of amides is 3. The molecule has 0 radical (unpaired) electrons. The number of hydrogen-bond donors (Lipinski definition) is 4. The lowest BCUT2D eigenvalue weighted by atomic mass is 9.99. The Morgan fingerprint density at radius 3 is 2.76 bits per heavy atom. The number of aliphatic hydroxyl groups excluding tert-OH is 1. The van der Waals surface area contributed by atoms with Crippen molar-refractivity contribution in [3.05, 3.63) is 42.0 Å². The Hall–Kier alpha value is -3.50. The fourth-order valence-electron chi connectivity index (χ4n) is 4.05. The number of para-hydroxylation sites is 1. The molecule has 10 nitrogen and oxygen atoms in total. The van der Waals surface area contributed by atoms with Crippen molar-refractivity contribution < 1.29 is 28.9 Å². The van der Waals surface area contributed by atoms with Crippen LogP contribution in [0.3, 0.4) is 0 Å². The second-order valence-corrected chi connectivity index (χ2v) is 8.51. The van der Waals surface area contributed by atoms with Gasteiger partial charge in [0.05, 0.1) is 23.9 Å². The zero-order chi connectivity index (χ0) is 24.2. The highest BCUT2D eigenvalue weighted by molar-refractivity contribution is 6.04. The predicted molar refractivity (Wildman–Crippen MR) is 127 cm³/mol. The molecule has 4 rings (SSSR count). The molecular weight excluding hydrogens is 440 g/mol. The molecule has 0 aliphatic carbocycles. The molecule has 3 atom stereocenters. The standard InChI is InChI=1S/C24H30N4O6/c1-14-11-28(15(2)12-29)23(30)17-5-4-6-18(22(17)34-21(14)10-25-3)27-24(31)26-16-7-8-19-20(9-16)33-13-32-19/h4-9,14-15,21,25,29H,10-13H2,1-3H3,(H2,26,27,31)/t14-,15+,21+/m1/s1. The molecule has 2 aliphatic heterocycles. The van der Waals surface area contributed by atoms with Gasteiger partial charge in [0.2, 0.25) is 6.79 Å². The summed E-state index contributed by atoms with van der Waals surface area (Å²) in [6.45, 7) is 4.79. The quantitative estimate of drug-likeness (QED) is 0.512. The third-order valence-corrected chi connectivity index (χ3v) is 5.98. The maximum atomic E-state index is 13.4. The first-order valence-electron chi connectivity index (χ1n) is 11.2. The molecule has 0 spiro atoms. The lowest BCUT2D eigenvalue weighted by Gasteiger charge is -2.37. The minimum absolute atomic E-state index is 0.0194. The van der Waals surface area contributed by atoms with Crippen LogP contribution in [0.25, 0.3) is 0 Å². The van der Waals surface area contributed by atoms with Gasteiger partial charge in [0.1, 0.15) is 6.10 Å². The summed E-state index contributed by atoms with van der Waals surface area (Å²) >= 11 is 0. The Morgan fingerprint density at radius 2 is 2.00 bits per heavy atom. The maximum absolute atomic E-state index is 13.4. The molecule has 2 aliphatic rings. The first-order valence-corrected chi connectivity index (χ1v) is 11.2. The average Bonchev–Trinajstić information content (AvgIpc) is 3.29. The van der Waals surface area contributed by atoms with Gasteiger partial charge in [0.25, 0.3) is 5.91 Å². The smallest absolute Gasteiger partial charge is 0.323 e. The number of nitrogens with zero attached hydrogens (tertiary/aromatic N) is 1. The number of hydrogen-bond acceptors (Lipinski definition) is 7. The van der Waals surface area contributed by atoms with Crippen LogP contribution in [0.5, 0.6) is 17.2 Å². The summed E-state index contributed by atoms with van der Waals surface area (Å²) in [5, 5.41) is 18.4. The van der Waals surface area contributed by atoms with Crippen molar-refractivity contribution in [1.29, 1.82) is 0 Å². The number of benzene rings is 2. The SMILES string of the molecule is CNC[C@@H]1Oc2c(NC(=O)Nc3ccc4c(c3)OCO4)cccc2C(=O)N([C@@H](C)CO)C[C@H]1C. The van der Waals surface area contributed by atoms with Crippen molar-refractivity contribution in [3.8, 4) is 17.2 Å². The third kappa shape index (κ3) is 4.87. The number of anilines is 2. The van der Waals surface area contributed by atoms with Gasteiger partial charge < -0.3 is 40.2 Å². The van der Waals surface area contributed by atoms with Gasteiger partial charge in [-0.3, -0.25) is 4.79 Å². The topological polar surface area (TPSA) is 121 Å². The van der Waals surface area contributed by atoms with Crippen LogP contribution in [-0.4, -0.2) is 67.6 Å². The van der Waals surface area contributed by atoms with E-state index in [1.807, 2.05) is 14.0 Å². The number of aliphatic hydroxyl groups is 1. The number of fused-ring (bicyclic) bond motifs is 2. The van der Waals surface area contributed by atoms with Crippen molar-refractivity contribution in [2.45, 2.75) is 26.0 Å². The molecule has 10 heteroatoms. The molecule has 34 heavy (non-hydrogen) atoms. The molecule has 0 unspecified atom stereocenters. The van der Waals surface area contributed by atoms with E-state index in [9.17, 15) is 14.7 Å². The van der Waals surface area contributed by atoms with Gasteiger partial charge in [0.15, 0.2) is 17.2 Å². The maximum Gasteiger partial charge on any atom is 0.323 e. The lowest BCUT2D eigenvalue weighted by Crippen LogP contribution is -2.49. The number of nitrogens with one attached hydrogen (secondary N) is 3. The Balaban J connectivity index is 1.62. The summed E-state index contributed by atoms with van der Waals surface area (Å²) in [5.41, 5.74) is 1.23. The highest BCUT2D eigenvalue weighted by Gasteiger charge is 2.33. The Bertz CT molecular complexity index is 1060. The fraction of sp³-hybridized carbons (Fsp3) is 0.417. The summed E-state index contributed by atoms with van der Waals surface area (Å²) < 4.78 is 17.0. The molecule has 0 fully saturated rings. The number of urea groups is 1. The van der Waals surface area contributed by atoms with Gasteiger partial charge in [-0.05, 0) is 38.2 Å². The van der Waals surface area contributed by atoms with Crippen LogP contribution < -0.4 is 30.2 Å². The Labute approximate surface area is 198 Å². The van der Waals surface area contributed by atoms with Crippen LogP contribution in [0.4, 0.5) is 16.2 Å². The van der Waals surface area contributed by atoms with Gasteiger partial charge >= 0.3 is 6.03 Å². The van der Waals surface area contributed by atoms with E-state index in [0.717, 1.165) is 0 Å². The molecule has 0 saturated heterocycles. The fourth-order valence-corrected chi connectivity index (χ4v) is 4.05. The Morgan fingerprint density at radius 1 is 1.21 bits per heavy atom. The monoisotopic (exact) mass is 470 g/mol. The predicted octanol–water partition coefficient (Wildman–Crippen LogP) is 2.50. The second kappa shape index (κ2) is 10.2. The number of likely N-dealkylation sites (N-methyl/N-ethyl adjacent to an activating group) is 1. The van der Waals surface area contributed by atoms with Crippen LogP contribution in [0.2, 0.25) is 0 Å². The summed E-state index contributed by atoms with van der Waals surface area (Å²) in [6, 6.07) is 9.30. The first kappa shape index (κ1) is 23.7. The van der Waals surface area contributed by atoms with Crippen LogP contribution in [0.1, 0.15) is 24.2 Å². The van der Waals surface area contributed by atoms with E-state index in [1.165, 1.54) is 0 Å². The van der Waals surface area contributed by atoms with E-state index in [2.05, 4.69) is 16.0 Å². The highest BCUT2D eigenvalue weighted by atomic mass is 16.7. The van der Waals surface area contributed by atoms with Gasteiger partial charge in [0, 0.05) is 30.8 Å². The van der Waals surface area contributed by atoms with Crippen LogP contribution in [0, 0.1) is 5.92 Å². The third-order valence-electron chi connectivity index (χ3n) is 5.98. The van der Waals surface area contributed by atoms with Crippen LogP contribution >= 0.6 is 0 Å². The van der Waals surface area contributed by atoms with Gasteiger partial charge in [-0.2, -0.15) is 0 Å². The molecule has 0 bridgehead atoms. The molecule has 4 N–H and O–H groups in total. The number of rotatable bonds is 6. The van der Waals surface area contributed by atoms with Gasteiger partial charge in [-0.15, -0.1) is 0 Å². The highest BCUT2D eigenvalue weighted by Crippen LogP contribution is 2.36. The molecular formula is C24H30N4O6. The van der Waals surface area contributed by atoms with Crippen LogP contribution in [0.15, 0.2) is 36.4 Å². The summed E-state index contributed by atoms with van der Waals surface area (Å²) in [4.78, 5) is 27.9. The van der Waals surface area contributed by atoms with E-state index < -0.39 is 6.03 Å². The summed E-state index contributed by atoms with van der Waals surface area (Å²) in [5.74, 6) is 1.20. The first-order chi connectivity index (χ1) is 16.4. The molecule has 0 saturated carbocycles. The zero-order valence-corrected chi connectivity index (χ0v) is 19.5.